The van der Waals surface area contributed by atoms with Crippen LogP contribution in [0.2, 0.25) is 5.02 Å². The number of carbonyl (C=O) groups excluding carboxylic acids is 4. The van der Waals surface area contributed by atoms with Crippen molar-refractivity contribution in [3.05, 3.63) is 130 Å². The first-order valence-electron chi connectivity index (χ1n) is 18.1. The van der Waals surface area contributed by atoms with Crippen LogP contribution in [0.3, 0.4) is 0 Å². The summed E-state index contributed by atoms with van der Waals surface area (Å²) in [6, 6.07) is 27.5. The molecule has 14 heteroatoms. The van der Waals surface area contributed by atoms with Crippen LogP contribution in [0.1, 0.15) is 46.5 Å². The first kappa shape index (κ1) is 41.7. The van der Waals surface area contributed by atoms with Gasteiger partial charge in [0.25, 0.3) is 0 Å². The Morgan fingerprint density at radius 1 is 0.643 bits per heavy atom. The van der Waals surface area contributed by atoms with Crippen molar-refractivity contribution in [3.8, 4) is 0 Å². The van der Waals surface area contributed by atoms with Crippen molar-refractivity contribution in [1.82, 2.24) is 0 Å². The van der Waals surface area contributed by atoms with Crippen LogP contribution < -0.4 is 10.6 Å². The number of hydrogen-bond acceptors (Lipinski definition) is 11. The molecule has 5 rings (SSSR count). The Morgan fingerprint density at radius 3 is 1.84 bits per heavy atom. The highest BCUT2D eigenvalue weighted by atomic mass is 35.5. The van der Waals surface area contributed by atoms with Gasteiger partial charge in [-0.25, -0.2) is 14.4 Å². The van der Waals surface area contributed by atoms with Gasteiger partial charge in [-0.2, -0.15) is 0 Å². The average Bonchev–Trinajstić information content (AvgIpc) is 3.17. The van der Waals surface area contributed by atoms with E-state index in [-0.39, 0.29) is 26.2 Å². The number of nitrogens with one attached hydrogen (secondary N) is 2. The van der Waals surface area contributed by atoms with Crippen molar-refractivity contribution in [1.29, 1.82) is 0 Å². The summed E-state index contributed by atoms with van der Waals surface area (Å²) < 4.78 is 41.4. The topological polar surface area (TPSA) is 157 Å². The molecule has 1 saturated heterocycles. The summed E-state index contributed by atoms with van der Waals surface area (Å²) in [4.78, 5) is 52.4. The van der Waals surface area contributed by atoms with Crippen LogP contribution in [0.15, 0.2) is 97.1 Å². The molecular formula is C42H45ClN2O11. The summed E-state index contributed by atoms with van der Waals surface area (Å²) in [6.07, 6.45) is -8.06. The van der Waals surface area contributed by atoms with Gasteiger partial charge in [-0.15, -0.1) is 0 Å². The molecule has 0 aliphatic carbocycles. The van der Waals surface area contributed by atoms with E-state index in [4.69, 9.17) is 44.8 Å². The molecule has 1 fully saturated rings. The Kier molecular flexibility index (Phi) is 15.2. The van der Waals surface area contributed by atoms with E-state index < -0.39 is 61.4 Å². The van der Waals surface area contributed by atoms with Crippen molar-refractivity contribution in [3.63, 3.8) is 0 Å². The van der Waals surface area contributed by atoms with E-state index in [1.54, 1.807) is 38.1 Å². The van der Waals surface area contributed by atoms with Gasteiger partial charge in [0.2, 0.25) is 0 Å². The van der Waals surface area contributed by atoms with Gasteiger partial charge in [-0.05, 0) is 87.4 Å². The number of ether oxygens (including phenoxy) is 7. The third-order valence-electron chi connectivity index (χ3n) is 8.58. The monoisotopic (exact) mass is 788 g/mol. The van der Waals surface area contributed by atoms with Crippen LogP contribution in [-0.4, -0.2) is 74.7 Å². The number of rotatable bonds is 15. The van der Waals surface area contributed by atoms with Gasteiger partial charge in [-0.1, -0.05) is 71.3 Å². The average molecular weight is 789 g/mol. The fourth-order valence-corrected chi connectivity index (χ4v) is 5.85. The van der Waals surface area contributed by atoms with Crippen LogP contribution in [0, 0.1) is 13.8 Å². The molecule has 2 N–H and O–H groups in total. The van der Waals surface area contributed by atoms with E-state index in [0.717, 1.165) is 16.7 Å². The second kappa shape index (κ2) is 20.4. The fraction of sp³-hybridized carbons (Fsp3) is 0.333. The predicted octanol–water partition coefficient (Wildman–Crippen LogP) is 7.80. The SMILES string of the molecule is CCOC(=O)c1ccc(NC(=O)O[C@@H]2[C@@H](OCc3ccc(C)cc3)[C@@H](OCC)O[C@H](COC(=O)Nc3ccc(Cl)cc3)[C@H]2OC(=O)Cc2ccc(C)cc2)cc1. The molecule has 0 unspecified atom stereocenters. The first-order chi connectivity index (χ1) is 27.0. The molecule has 296 valence electrons. The van der Waals surface area contributed by atoms with Crippen molar-refractivity contribution >= 4 is 47.1 Å². The zero-order chi connectivity index (χ0) is 40.0. The predicted molar refractivity (Wildman–Crippen MR) is 208 cm³/mol. The molecule has 1 aliphatic heterocycles. The zero-order valence-electron chi connectivity index (χ0n) is 31.5. The quantitative estimate of drug-likeness (QED) is 0.0895. The summed E-state index contributed by atoms with van der Waals surface area (Å²) in [5.41, 5.74) is 4.60. The van der Waals surface area contributed by atoms with Crippen LogP contribution in [0.4, 0.5) is 21.0 Å². The maximum absolute atomic E-state index is 13.7. The maximum atomic E-state index is 13.7. The number of halogens is 1. The van der Waals surface area contributed by atoms with Crippen LogP contribution in [0.5, 0.6) is 0 Å². The lowest BCUT2D eigenvalue weighted by Gasteiger charge is -2.44. The van der Waals surface area contributed by atoms with E-state index in [0.29, 0.717) is 27.5 Å². The van der Waals surface area contributed by atoms with Crippen LogP contribution in [0.25, 0.3) is 0 Å². The Labute approximate surface area is 330 Å². The van der Waals surface area contributed by atoms with Crippen molar-refractivity contribution in [2.24, 2.45) is 0 Å². The third-order valence-corrected chi connectivity index (χ3v) is 8.83. The molecule has 0 radical (unpaired) electrons. The number of carbonyl (C=O) groups is 4. The second-order valence-corrected chi connectivity index (χ2v) is 13.3. The standard InChI is InChI=1S/C42H45ClN2O11/c1-5-50-39(47)30-15-19-32(20-16-30)45-42(49)56-37-36(55-35(46)23-28-11-7-26(3)8-12-28)34(25-53-41(48)44-33-21-17-31(43)18-22-33)54-40(51-6-2)38(37)52-24-29-13-9-27(4)10-14-29/h7-22,34,36-38,40H,5-6,23-25H2,1-4H3,(H,44,48)(H,45,49)/t34-,36-,37+,38-,40+/m1/s1. The van der Waals surface area contributed by atoms with Crippen molar-refractivity contribution in [2.75, 3.05) is 30.5 Å². The zero-order valence-corrected chi connectivity index (χ0v) is 32.3. The number of benzene rings is 4. The molecule has 1 heterocycles. The number of hydrogen-bond donors (Lipinski definition) is 2. The van der Waals surface area contributed by atoms with E-state index in [2.05, 4.69) is 10.6 Å². The second-order valence-electron chi connectivity index (χ2n) is 12.9. The molecule has 56 heavy (non-hydrogen) atoms. The van der Waals surface area contributed by atoms with Crippen LogP contribution in [-0.2, 0) is 51.0 Å². The summed E-state index contributed by atoms with van der Waals surface area (Å²) in [5.74, 6) is -1.17. The molecule has 0 spiro atoms. The summed E-state index contributed by atoms with van der Waals surface area (Å²) in [7, 11) is 0. The lowest BCUT2D eigenvalue weighted by Crippen LogP contribution is -2.63. The fourth-order valence-electron chi connectivity index (χ4n) is 5.73. The van der Waals surface area contributed by atoms with Gasteiger partial charge < -0.3 is 33.2 Å². The lowest BCUT2D eigenvalue weighted by molar-refractivity contribution is -0.311. The molecule has 0 saturated carbocycles. The molecule has 5 atom stereocenters. The largest absolute Gasteiger partial charge is 0.462 e. The number of amides is 2. The Morgan fingerprint density at radius 2 is 1.23 bits per heavy atom. The first-order valence-corrected chi connectivity index (χ1v) is 18.5. The normalized spacial score (nSPS) is 19.0. The van der Waals surface area contributed by atoms with Crippen molar-refractivity contribution < 1.29 is 52.3 Å². The Bertz CT molecular complexity index is 1910. The van der Waals surface area contributed by atoms with Crippen LogP contribution >= 0.6 is 11.6 Å². The highest BCUT2D eigenvalue weighted by molar-refractivity contribution is 6.30. The molecule has 4 aromatic rings. The number of esters is 2. The van der Waals surface area contributed by atoms with Gasteiger partial charge in [0, 0.05) is 23.0 Å². The highest BCUT2D eigenvalue weighted by Crippen LogP contribution is 2.31. The van der Waals surface area contributed by atoms with E-state index >= 15 is 0 Å². The van der Waals surface area contributed by atoms with Crippen molar-refractivity contribution in [2.45, 2.75) is 71.4 Å². The Hall–Kier alpha value is -5.47. The highest BCUT2D eigenvalue weighted by Gasteiger charge is 2.52. The summed E-state index contributed by atoms with van der Waals surface area (Å²) in [6.45, 7) is 7.35. The number of aryl methyl sites for hydroxylation is 2. The molecule has 13 nitrogen and oxygen atoms in total. The van der Waals surface area contributed by atoms with Gasteiger partial charge in [0.05, 0.1) is 25.2 Å². The minimum Gasteiger partial charge on any atom is -0.462 e. The maximum Gasteiger partial charge on any atom is 0.412 e. The minimum atomic E-state index is -1.35. The van der Waals surface area contributed by atoms with E-state index in [1.165, 1.54) is 24.3 Å². The van der Waals surface area contributed by atoms with Gasteiger partial charge in [0.1, 0.15) is 18.8 Å². The summed E-state index contributed by atoms with van der Waals surface area (Å²) >= 11 is 5.98. The van der Waals surface area contributed by atoms with Gasteiger partial charge in [0.15, 0.2) is 18.5 Å². The third kappa shape index (κ3) is 12.3. The lowest BCUT2D eigenvalue weighted by atomic mass is 9.98. The summed E-state index contributed by atoms with van der Waals surface area (Å²) in [5, 5.41) is 5.75. The number of anilines is 2. The van der Waals surface area contributed by atoms with Gasteiger partial charge in [-0.3, -0.25) is 15.4 Å². The van der Waals surface area contributed by atoms with E-state index in [1.807, 2.05) is 62.4 Å². The smallest absolute Gasteiger partial charge is 0.412 e. The molecular weight excluding hydrogens is 744 g/mol. The molecule has 0 aromatic heterocycles. The molecule has 4 aromatic carbocycles. The molecule has 1 aliphatic rings. The minimum absolute atomic E-state index is 0.0589. The Balaban J connectivity index is 1.44. The molecule has 0 bridgehead atoms. The van der Waals surface area contributed by atoms with Gasteiger partial charge >= 0.3 is 24.1 Å². The van der Waals surface area contributed by atoms with E-state index in [9.17, 15) is 19.2 Å². The molecule has 2 amide bonds.